The van der Waals surface area contributed by atoms with Gasteiger partial charge < -0.3 is 14.3 Å². The number of likely N-dealkylation sites (N-methyl/N-ethyl adjacent to an activating group) is 1. The molecule has 0 bridgehead atoms. The molecule has 0 fully saturated rings. The van der Waals surface area contributed by atoms with Crippen LogP contribution in [0.5, 0.6) is 0 Å². The zero-order chi connectivity index (χ0) is 13.8. The summed E-state index contributed by atoms with van der Waals surface area (Å²) in [5.74, 6) is 0. The maximum absolute atomic E-state index is 9.64. The molecule has 1 N–H and O–H groups in total. The van der Waals surface area contributed by atoms with Gasteiger partial charge in [-0.2, -0.15) is 0 Å². The van der Waals surface area contributed by atoms with Crippen LogP contribution in [0, 0.1) is 0 Å². The third-order valence-corrected chi connectivity index (χ3v) is 3.60. The van der Waals surface area contributed by atoms with Crippen molar-refractivity contribution in [2.24, 2.45) is 0 Å². The predicted molar refractivity (Wildman–Crippen MR) is 83.7 cm³/mol. The quantitative estimate of drug-likeness (QED) is 0.625. The van der Waals surface area contributed by atoms with Crippen molar-refractivity contribution < 1.29 is 9.42 Å². The fourth-order valence-electron chi connectivity index (χ4n) is 1.71. The molecule has 1 rings (SSSR count). The average molecular weight is 305 g/mol. The van der Waals surface area contributed by atoms with E-state index >= 15 is 0 Å². The highest BCUT2D eigenvalue weighted by Crippen LogP contribution is 2.51. The standard InChI is InChI=1S/C12H20NO2PS2/c1-4-10-6-5-7-11(8-10)12(9-13(2)3)15-16(14,17)18/h5-8,12H,4,9H2,1-3H3,(H2,14,17,18). The number of hydrogen-bond acceptors (Lipinski definition) is 3. The van der Waals surface area contributed by atoms with E-state index in [-0.39, 0.29) is 6.10 Å². The van der Waals surface area contributed by atoms with E-state index in [1.807, 2.05) is 31.1 Å². The van der Waals surface area contributed by atoms with Gasteiger partial charge in [0.05, 0.1) is 0 Å². The molecule has 1 aromatic rings. The molecule has 0 spiro atoms. The predicted octanol–water partition coefficient (Wildman–Crippen LogP) is 3.01. The third-order valence-electron chi connectivity index (χ3n) is 2.53. The van der Waals surface area contributed by atoms with Crippen molar-refractivity contribution >= 4 is 29.7 Å². The molecule has 3 nitrogen and oxygen atoms in total. The van der Waals surface area contributed by atoms with Crippen LogP contribution < -0.4 is 0 Å². The largest absolute Gasteiger partial charge is 0.338 e. The molecular formula is C12H20NO2PS2. The van der Waals surface area contributed by atoms with Crippen LogP contribution in [0.3, 0.4) is 0 Å². The Morgan fingerprint density at radius 1 is 1.50 bits per heavy atom. The van der Waals surface area contributed by atoms with E-state index in [2.05, 4.69) is 31.3 Å². The number of aryl methyl sites for hydroxylation is 1. The van der Waals surface area contributed by atoms with Crippen molar-refractivity contribution in [3.63, 3.8) is 0 Å². The Labute approximate surface area is 119 Å². The van der Waals surface area contributed by atoms with Crippen LogP contribution >= 0.6 is 17.9 Å². The van der Waals surface area contributed by atoms with Gasteiger partial charge in [0, 0.05) is 6.54 Å². The number of nitrogens with zero attached hydrogens (tertiary/aromatic N) is 1. The first-order valence-electron chi connectivity index (χ1n) is 5.79. The highest BCUT2D eigenvalue weighted by atomic mass is 32.9. The molecular weight excluding hydrogens is 285 g/mol. The van der Waals surface area contributed by atoms with E-state index in [1.165, 1.54) is 5.56 Å². The van der Waals surface area contributed by atoms with Gasteiger partial charge in [-0.15, -0.1) is 0 Å². The zero-order valence-corrected chi connectivity index (χ0v) is 13.5. The number of benzene rings is 1. The van der Waals surface area contributed by atoms with Crippen molar-refractivity contribution in [1.82, 2.24) is 4.90 Å². The van der Waals surface area contributed by atoms with Gasteiger partial charge in [-0.05, 0) is 43.4 Å². The van der Waals surface area contributed by atoms with E-state index in [0.717, 1.165) is 12.0 Å². The molecule has 102 valence electrons. The van der Waals surface area contributed by atoms with Gasteiger partial charge >= 0.3 is 0 Å². The molecule has 0 aliphatic carbocycles. The molecule has 0 saturated carbocycles. The van der Waals surface area contributed by atoms with E-state index in [9.17, 15) is 4.89 Å². The molecule has 0 radical (unpaired) electrons. The summed E-state index contributed by atoms with van der Waals surface area (Å²) >= 11 is 8.82. The van der Waals surface area contributed by atoms with Gasteiger partial charge in [-0.3, -0.25) is 0 Å². The molecule has 2 unspecified atom stereocenters. The second kappa shape index (κ2) is 7.04. The second-order valence-electron chi connectivity index (χ2n) is 4.45. The summed E-state index contributed by atoms with van der Waals surface area (Å²) in [6, 6.07) is 8.16. The Kier molecular flexibility index (Phi) is 6.31. The van der Waals surface area contributed by atoms with Crippen LogP contribution in [0.15, 0.2) is 24.3 Å². The van der Waals surface area contributed by atoms with Gasteiger partial charge in [-0.25, -0.2) is 0 Å². The normalized spacial score (nSPS) is 16.6. The molecule has 0 amide bonds. The van der Waals surface area contributed by atoms with Gasteiger partial charge in [0.25, 0.3) is 0 Å². The van der Waals surface area contributed by atoms with E-state index in [4.69, 9.17) is 16.3 Å². The average Bonchev–Trinajstić information content (AvgIpc) is 2.26. The van der Waals surface area contributed by atoms with Crippen molar-refractivity contribution in [1.29, 1.82) is 0 Å². The number of thiol groups is 1. The smallest absolute Gasteiger partial charge is 0.242 e. The Balaban J connectivity index is 2.97. The Hall–Kier alpha value is 0.1000. The van der Waals surface area contributed by atoms with Crippen molar-refractivity contribution in [3.8, 4) is 0 Å². The summed E-state index contributed by atoms with van der Waals surface area (Å²) in [5.41, 5.74) is -0.697. The summed E-state index contributed by atoms with van der Waals surface area (Å²) in [5, 5.41) is 0. The number of rotatable bonds is 6. The van der Waals surface area contributed by atoms with Crippen molar-refractivity contribution in [3.05, 3.63) is 35.4 Å². The molecule has 2 atom stereocenters. The number of hydrogen-bond donors (Lipinski definition) is 2. The lowest BCUT2D eigenvalue weighted by Gasteiger charge is -2.24. The minimum absolute atomic E-state index is 0.250. The zero-order valence-electron chi connectivity index (χ0n) is 10.9. The highest BCUT2D eigenvalue weighted by Gasteiger charge is 2.20. The van der Waals surface area contributed by atoms with Crippen LogP contribution in [0.4, 0.5) is 0 Å². The van der Waals surface area contributed by atoms with Gasteiger partial charge in [-0.1, -0.05) is 43.4 Å². The van der Waals surface area contributed by atoms with Gasteiger partial charge in [0.15, 0.2) is 0 Å². The van der Waals surface area contributed by atoms with E-state index < -0.39 is 5.69 Å². The minimum Gasteiger partial charge on any atom is -0.338 e. The highest BCUT2D eigenvalue weighted by molar-refractivity contribution is 8.59. The molecule has 0 aliphatic heterocycles. The molecule has 0 aromatic heterocycles. The molecule has 18 heavy (non-hydrogen) atoms. The Bertz CT molecular complexity index is 434. The van der Waals surface area contributed by atoms with Crippen LogP contribution in [0.1, 0.15) is 24.2 Å². The van der Waals surface area contributed by atoms with Crippen LogP contribution in [0.2, 0.25) is 0 Å². The SMILES string of the molecule is CCc1cccc(C(CN(C)C)OP(O)(=S)S)c1. The molecule has 6 heteroatoms. The summed E-state index contributed by atoms with van der Waals surface area (Å²) in [6.07, 6.45) is 0.719. The second-order valence-corrected chi connectivity index (χ2v) is 9.56. The van der Waals surface area contributed by atoms with Gasteiger partial charge in [0.1, 0.15) is 6.10 Å². The fraction of sp³-hybridized carbons (Fsp3) is 0.500. The molecule has 0 aliphatic rings. The summed E-state index contributed by atoms with van der Waals surface area (Å²) in [4.78, 5) is 11.6. The minimum atomic E-state index is -2.97. The lowest BCUT2D eigenvalue weighted by Crippen LogP contribution is -2.21. The van der Waals surface area contributed by atoms with Gasteiger partial charge in [0.2, 0.25) is 5.69 Å². The Morgan fingerprint density at radius 3 is 2.67 bits per heavy atom. The van der Waals surface area contributed by atoms with E-state index in [1.54, 1.807) is 0 Å². The lowest BCUT2D eigenvalue weighted by atomic mass is 10.0. The third kappa shape index (κ3) is 5.83. The van der Waals surface area contributed by atoms with Crippen LogP contribution in [-0.2, 0) is 22.8 Å². The lowest BCUT2D eigenvalue weighted by molar-refractivity contribution is 0.168. The fourth-order valence-corrected chi connectivity index (χ4v) is 2.88. The first kappa shape index (κ1) is 16.2. The first-order chi connectivity index (χ1) is 8.31. The first-order valence-corrected chi connectivity index (χ1v) is 9.62. The van der Waals surface area contributed by atoms with Crippen molar-refractivity contribution in [2.75, 3.05) is 20.6 Å². The molecule has 1 aromatic carbocycles. The Morgan fingerprint density at radius 2 is 2.17 bits per heavy atom. The van der Waals surface area contributed by atoms with Crippen LogP contribution in [-0.4, -0.2) is 30.4 Å². The monoisotopic (exact) mass is 305 g/mol. The molecule has 0 saturated heterocycles. The van der Waals surface area contributed by atoms with Crippen molar-refractivity contribution in [2.45, 2.75) is 19.4 Å². The maximum atomic E-state index is 9.64. The van der Waals surface area contributed by atoms with Crippen LogP contribution in [0.25, 0.3) is 0 Å². The summed E-state index contributed by atoms with van der Waals surface area (Å²) in [7, 11) is 3.92. The maximum Gasteiger partial charge on any atom is 0.242 e. The molecule has 0 heterocycles. The summed E-state index contributed by atoms with van der Waals surface area (Å²) < 4.78 is 5.54. The topological polar surface area (TPSA) is 32.7 Å². The summed E-state index contributed by atoms with van der Waals surface area (Å²) in [6.45, 7) is 2.77. The van der Waals surface area contributed by atoms with E-state index in [0.29, 0.717) is 6.54 Å².